The summed E-state index contributed by atoms with van der Waals surface area (Å²) in [5.41, 5.74) is -0.0487. The van der Waals surface area contributed by atoms with E-state index in [0.717, 1.165) is 14.2 Å². The van der Waals surface area contributed by atoms with Crippen molar-refractivity contribution >= 4 is 23.9 Å². The molecule has 82 heavy (non-hydrogen) atoms. The topological polar surface area (TPSA) is 593 Å². The number of hydrogen-bond acceptors (Lipinski definition) is 32. The molecule has 0 saturated carbocycles. The SMILES string of the molecule is CC#N.CC#N.COC(=O)c1cccc(OC)c1[O-].COC(=O)c1cccc(OC)c1[O-].COC(=O)c1cccc(OC)c1[O-].COC(=O)c1cccc(OC)c1[O-].C[O-].C[O-].O=[N+]([O-])[O-].O=[N+]([O-])[O-].O=[N+]([O-])[O-].O=[N+]([O-])[O-].[Tb+3].[Tb+3].[Zn+2].[Zn+2]. The Morgan fingerprint density at radius 1 is 0.366 bits per heavy atom. The summed E-state index contributed by atoms with van der Waals surface area (Å²) in [7, 11) is 11.9. The van der Waals surface area contributed by atoms with Crippen LogP contribution in [0.5, 0.6) is 46.0 Å². The molecule has 0 fully saturated rings. The van der Waals surface area contributed by atoms with Crippen molar-refractivity contribution in [2.45, 2.75) is 13.8 Å². The summed E-state index contributed by atoms with van der Waals surface area (Å²) in [5.74, 6) is -3.82. The summed E-state index contributed by atoms with van der Waals surface area (Å²) < 4.78 is 36.7. The van der Waals surface area contributed by atoms with Gasteiger partial charge in [0.05, 0.1) is 112 Å². The van der Waals surface area contributed by atoms with E-state index in [9.17, 15) is 39.6 Å². The van der Waals surface area contributed by atoms with Crippen LogP contribution >= 0.6 is 0 Å². The van der Waals surface area contributed by atoms with Gasteiger partial charge in [-0.1, -0.05) is 47.3 Å². The predicted molar refractivity (Wildman–Crippen MR) is 251 cm³/mol. The Hall–Kier alpha value is -7.32. The predicted octanol–water partition coefficient (Wildman–Crippen LogP) is 0.273. The maximum Gasteiger partial charge on any atom is 3.00 e. The number of carbonyl (C=O) groups is 4. The summed E-state index contributed by atoms with van der Waals surface area (Å²) in [4.78, 5) is 77.1. The fourth-order valence-corrected chi connectivity index (χ4v) is 3.79. The van der Waals surface area contributed by atoms with Gasteiger partial charge in [-0.05, 0) is 48.5 Å². The molecular formula is C42H48N6O30Tb2Zn2. The van der Waals surface area contributed by atoms with Crippen LogP contribution in [0.4, 0.5) is 0 Å². The Morgan fingerprint density at radius 2 is 0.476 bits per heavy atom. The van der Waals surface area contributed by atoms with Crippen LogP contribution < -0.4 is 49.6 Å². The van der Waals surface area contributed by atoms with Crippen LogP contribution in [-0.2, 0) is 57.9 Å². The van der Waals surface area contributed by atoms with Gasteiger partial charge in [0, 0.05) is 13.8 Å². The molecule has 0 saturated heterocycles. The number of benzene rings is 4. The van der Waals surface area contributed by atoms with Crippen LogP contribution in [0, 0.1) is 161 Å². The standard InChI is InChI=1S/4C9H10O4.2C2H3N.2CH3O.4NO3.2Tb.2Zn/c4*1-12-7-5-3-4-6(8(7)10)9(11)13-2;2*1-2-3;2*1-2;4*2-1(3)4;;;;/h4*3-5,10H,1-2H3;2*1H3;2*1H3;;;;;;;;/q;;;;;;6*-1;2*+3;2*+2/p-4. The van der Waals surface area contributed by atoms with Crippen molar-refractivity contribution in [3.8, 4) is 58.1 Å². The van der Waals surface area contributed by atoms with Crippen LogP contribution in [0.2, 0.25) is 0 Å². The summed E-state index contributed by atoms with van der Waals surface area (Å²) in [6.07, 6.45) is 0. The summed E-state index contributed by atoms with van der Waals surface area (Å²) >= 11 is 0. The molecule has 4 aromatic carbocycles. The van der Waals surface area contributed by atoms with E-state index < -0.39 is 67.2 Å². The van der Waals surface area contributed by atoms with Crippen molar-refractivity contribution in [1.29, 1.82) is 10.5 Å². The number of methoxy groups -OCH3 is 8. The van der Waals surface area contributed by atoms with Crippen LogP contribution in [0.15, 0.2) is 72.8 Å². The van der Waals surface area contributed by atoms with Gasteiger partial charge in [-0.25, -0.2) is 19.2 Å². The molecule has 0 radical (unpaired) electrons. The molecule has 4 aromatic rings. The minimum Gasteiger partial charge on any atom is -0.869 e. The zero-order valence-corrected chi connectivity index (χ0v) is 55.2. The Bertz CT molecular complexity index is 2130. The van der Waals surface area contributed by atoms with Crippen molar-refractivity contribution in [3.05, 3.63) is 156 Å². The molecule has 0 aliphatic rings. The minimum atomic E-state index is -1.75. The largest absolute Gasteiger partial charge is 3.00 e. The van der Waals surface area contributed by atoms with Crippen molar-refractivity contribution in [2.24, 2.45) is 0 Å². The number of nitrogens with zero attached hydrogens (tertiary/aromatic N) is 6. The average molecular weight is 1570 g/mol. The molecule has 0 aliphatic carbocycles. The molecule has 0 N–H and O–H groups in total. The van der Waals surface area contributed by atoms with Gasteiger partial charge >= 0.3 is 140 Å². The van der Waals surface area contributed by atoms with Crippen LogP contribution in [0.3, 0.4) is 0 Å². The van der Waals surface area contributed by atoms with E-state index in [1.165, 1.54) is 119 Å². The second-order valence-corrected chi connectivity index (χ2v) is 10.7. The Morgan fingerprint density at radius 3 is 0.561 bits per heavy atom. The third kappa shape index (κ3) is 57.4. The first-order chi connectivity index (χ1) is 36.6. The average Bonchev–Trinajstić information content (AvgIpc) is 3.39. The number of rotatable bonds is 8. The molecule has 448 valence electrons. The quantitative estimate of drug-likeness (QED) is 0.0751. The Labute approximate surface area is 553 Å². The maximum atomic E-state index is 11.4. The Kier molecular flexibility index (Phi) is 87.8. The number of carbonyl (C=O) groups excluding carboxylic acids is 4. The molecule has 40 heteroatoms. The van der Waals surface area contributed by atoms with Gasteiger partial charge in [0.2, 0.25) is 0 Å². The van der Waals surface area contributed by atoms with Gasteiger partial charge in [-0.2, -0.15) is 24.7 Å². The summed E-state index contributed by atoms with van der Waals surface area (Å²) in [6.45, 7) is 2.86. The monoisotopic (exact) mass is 1560 g/mol. The van der Waals surface area contributed by atoms with Gasteiger partial charge in [0.25, 0.3) is 0 Å². The number of nitriles is 2. The third-order valence-electron chi connectivity index (χ3n) is 6.42. The molecule has 4 rings (SSSR count). The second kappa shape index (κ2) is 69.8. The fraction of sp³-hybridized carbons (Fsp3) is 0.286. The number of esters is 4. The van der Waals surface area contributed by atoms with Gasteiger partial charge in [-0.15, -0.1) is 0 Å². The van der Waals surface area contributed by atoms with Crippen molar-refractivity contribution in [3.63, 3.8) is 0 Å². The van der Waals surface area contributed by atoms with E-state index in [2.05, 4.69) is 18.9 Å². The third-order valence-corrected chi connectivity index (χ3v) is 6.42. The number of hydrogen-bond donors (Lipinski definition) is 0. The minimum absolute atomic E-state index is 0. The van der Waals surface area contributed by atoms with Gasteiger partial charge < -0.3 is 130 Å². The summed E-state index contributed by atoms with van der Waals surface area (Å²) in [6, 6.07) is 21.3. The smallest absolute Gasteiger partial charge is 0.869 e. The molecule has 0 unspecified atom stereocenters. The van der Waals surface area contributed by atoms with Crippen molar-refractivity contribution < 1.29 is 224 Å². The number of para-hydroxylation sites is 4. The van der Waals surface area contributed by atoms with Gasteiger partial charge in [0.15, 0.2) is 0 Å². The fourth-order valence-electron chi connectivity index (χ4n) is 3.79. The van der Waals surface area contributed by atoms with Crippen LogP contribution in [0.1, 0.15) is 55.3 Å². The second-order valence-electron chi connectivity index (χ2n) is 10.7. The maximum absolute atomic E-state index is 11.4. The first-order valence-corrected chi connectivity index (χ1v) is 19.0. The van der Waals surface area contributed by atoms with Gasteiger partial charge in [0.1, 0.15) is 23.0 Å². The van der Waals surface area contributed by atoms with Crippen molar-refractivity contribution in [1.82, 2.24) is 0 Å². The summed E-state index contributed by atoms with van der Waals surface area (Å²) in [5, 5.41) is 136. The molecule has 0 heterocycles. The van der Waals surface area contributed by atoms with E-state index in [-0.39, 0.29) is 161 Å². The van der Waals surface area contributed by atoms with Crippen LogP contribution in [-0.4, -0.2) is 115 Å². The van der Waals surface area contributed by atoms with Crippen LogP contribution in [0.25, 0.3) is 0 Å². The molecule has 0 atom stereocenters. The Balaban J connectivity index is -0.0000000688. The number of ether oxygens (including phenoxy) is 8. The zero-order valence-electron chi connectivity index (χ0n) is 44.9. The molecule has 0 bridgehead atoms. The van der Waals surface area contributed by atoms with Crippen molar-refractivity contribution in [2.75, 3.05) is 71.1 Å². The molecule has 0 aromatic heterocycles. The molecule has 0 spiro atoms. The van der Waals surface area contributed by atoms with E-state index in [4.69, 9.17) is 101 Å². The van der Waals surface area contributed by atoms with E-state index in [1.807, 2.05) is 0 Å². The van der Waals surface area contributed by atoms with E-state index in [0.29, 0.717) is 0 Å². The molecule has 0 aliphatic heterocycles. The van der Waals surface area contributed by atoms with Gasteiger partial charge in [-0.3, -0.25) is 0 Å². The van der Waals surface area contributed by atoms with E-state index >= 15 is 0 Å². The first-order valence-electron chi connectivity index (χ1n) is 19.0. The first kappa shape index (κ1) is 103. The van der Waals surface area contributed by atoms with E-state index in [1.54, 1.807) is 36.4 Å². The normalized spacial score (nSPS) is 7.46. The zero-order chi connectivity index (χ0) is 63.1. The molecule has 0 amide bonds. The molecular weight excluding hydrogens is 1520 g/mol. The molecule has 36 nitrogen and oxygen atoms in total.